The molecule has 11 heavy (non-hydrogen) atoms. The minimum atomic E-state index is -0.578. The molecule has 1 nitrogen and oxygen atoms in total. The molecular weight excluding hydrogens is 176 g/mol. The maximum Gasteiger partial charge on any atom is 0.0110 e. The van der Waals surface area contributed by atoms with Crippen LogP contribution in [0.4, 0.5) is 0 Å². The summed E-state index contributed by atoms with van der Waals surface area (Å²) in [5, 5.41) is 2.50. The summed E-state index contributed by atoms with van der Waals surface area (Å²) < 4.78 is 9.49. The van der Waals surface area contributed by atoms with E-state index in [1.165, 1.54) is 0 Å². The van der Waals surface area contributed by atoms with Crippen LogP contribution >= 0.6 is 20.6 Å². The molecule has 0 aliphatic rings. The van der Waals surface area contributed by atoms with Gasteiger partial charge in [-0.3, -0.25) is 0 Å². The molecule has 0 aromatic rings. The van der Waals surface area contributed by atoms with E-state index in [9.17, 15) is 4.55 Å². The van der Waals surface area contributed by atoms with Crippen molar-refractivity contribution in [2.75, 3.05) is 0 Å². The van der Waals surface area contributed by atoms with E-state index in [1.54, 1.807) is 10.8 Å². The van der Waals surface area contributed by atoms with E-state index in [0.717, 1.165) is 0 Å². The summed E-state index contributed by atoms with van der Waals surface area (Å²) in [6.45, 7) is 10.5. The average molecular weight is 194 g/mol. The molecule has 0 saturated heterocycles. The normalized spacial score (nSPS) is 15.9. The van der Waals surface area contributed by atoms with Gasteiger partial charge in [-0.1, -0.05) is 45.4 Å². The summed E-state index contributed by atoms with van der Waals surface area (Å²) in [5.41, 5.74) is 0.125. The third-order valence-electron chi connectivity index (χ3n) is 0.745. The van der Waals surface area contributed by atoms with E-state index in [-0.39, 0.29) is 5.41 Å². The van der Waals surface area contributed by atoms with Crippen LogP contribution < -0.4 is 0 Å². The quantitative estimate of drug-likeness (QED) is 0.535. The third kappa shape index (κ3) is 8.44. The van der Waals surface area contributed by atoms with Gasteiger partial charge < -0.3 is 4.55 Å². The second-order valence-corrected chi connectivity index (χ2v) is 7.43. The van der Waals surface area contributed by atoms with Crippen LogP contribution in [-0.4, -0.2) is 15.2 Å². The zero-order valence-corrected chi connectivity index (χ0v) is 9.55. The summed E-state index contributed by atoms with van der Waals surface area (Å²) in [5.74, 6) is 0. The lowest BCUT2D eigenvalue weighted by molar-refractivity contribution is 0.610. The summed E-state index contributed by atoms with van der Waals surface area (Å²) in [6, 6.07) is 0. The van der Waals surface area contributed by atoms with Gasteiger partial charge in [-0.05, 0) is 20.6 Å². The van der Waals surface area contributed by atoms with Crippen molar-refractivity contribution in [1.29, 1.82) is 0 Å². The monoisotopic (exact) mass is 194 g/mol. The van der Waals surface area contributed by atoms with E-state index in [1.807, 2.05) is 5.37 Å². The van der Waals surface area contributed by atoms with Gasteiger partial charge in [-0.15, -0.1) is 0 Å². The Hall–Kier alpha value is 0.530. The molecule has 0 aromatic heterocycles. The standard InChI is InChI=1S/C8H18OS2/c1-7(2)10-11(9)6-8(3,4)5/h6-7,9H,1-5H3. The molecule has 1 atom stereocenters. The van der Waals surface area contributed by atoms with E-state index >= 15 is 0 Å². The van der Waals surface area contributed by atoms with Crippen molar-refractivity contribution in [2.24, 2.45) is 5.41 Å². The molecule has 0 aromatic carbocycles. The molecule has 0 fully saturated rings. The summed E-state index contributed by atoms with van der Waals surface area (Å²) in [7, 11) is 1.03. The molecule has 0 aliphatic heterocycles. The zero-order chi connectivity index (χ0) is 9.07. The predicted octanol–water partition coefficient (Wildman–Crippen LogP) is 3.63. The van der Waals surface area contributed by atoms with Crippen molar-refractivity contribution in [1.82, 2.24) is 0 Å². The van der Waals surface area contributed by atoms with Crippen LogP contribution in [-0.2, 0) is 0 Å². The molecule has 68 valence electrons. The molecule has 0 spiro atoms. The van der Waals surface area contributed by atoms with Crippen LogP contribution in [0.25, 0.3) is 0 Å². The lowest BCUT2D eigenvalue weighted by Crippen LogP contribution is -2.05. The molecule has 0 heterocycles. The molecule has 1 unspecified atom stereocenters. The van der Waals surface area contributed by atoms with Crippen LogP contribution in [0.5, 0.6) is 0 Å². The highest BCUT2D eigenvalue weighted by molar-refractivity contribution is 8.81. The fourth-order valence-corrected chi connectivity index (χ4v) is 3.80. The Kier molecular flexibility index (Phi) is 4.75. The smallest absolute Gasteiger partial charge is 0.0110 e. The molecule has 0 saturated carbocycles. The molecule has 0 rings (SSSR count). The Bertz CT molecular complexity index is 145. The van der Waals surface area contributed by atoms with E-state index < -0.39 is 9.80 Å². The highest BCUT2D eigenvalue weighted by Gasteiger charge is 2.07. The van der Waals surface area contributed by atoms with Gasteiger partial charge >= 0.3 is 0 Å². The first kappa shape index (κ1) is 11.5. The molecule has 0 bridgehead atoms. The lowest BCUT2D eigenvalue weighted by Gasteiger charge is -2.14. The molecule has 3 heteroatoms. The van der Waals surface area contributed by atoms with Crippen molar-refractivity contribution < 1.29 is 4.55 Å². The maximum atomic E-state index is 9.49. The average Bonchev–Trinajstić information content (AvgIpc) is 1.53. The van der Waals surface area contributed by atoms with Gasteiger partial charge in [0.05, 0.1) is 0 Å². The Balaban J connectivity index is 4.01. The maximum absolute atomic E-state index is 9.49. The second kappa shape index (κ2) is 4.53. The van der Waals surface area contributed by atoms with Crippen LogP contribution in [0.15, 0.2) is 0 Å². The number of hydrogen-bond acceptors (Lipinski definition) is 2. The van der Waals surface area contributed by atoms with E-state index in [4.69, 9.17) is 0 Å². The van der Waals surface area contributed by atoms with Gasteiger partial charge in [0.2, 0.25) is 0 Å². The largest absolute Gasteiger partial charge is 0.327 e. The van der Waals surface area contributed by atoms with Crippen LogP contribution in [0, 0.1) is 5.41 Å². The van der Waals surface area contributed by atoms with Crippen molar-refractivity contribution >= 4 is 26.0 Å². The highest BCUT2D eigenvalue weighted by atomic mass is 33.1. The van der Waals surface area contributed by atoms with Crippen molar-refractivity contribution in [2.45, 2.75) is 39.9 Å². The molecule has 0 radical (unpaired) electrons. The van der Waals surface area contributed by atoms with Crippen molar-refractivity contribution in [3.8, 4) is 0 Å². The van der Waals surface area contributed by atoms with Crippen LogP contribution in [0.3, 0.4) is 0 Å². The third-order valence-corrected chi connectivity index (χ3v) is 4.27. The van der Waals surface area contributed by atoms with Gasteiger partial charge in [0.25, 0.3) is 0 Å². The molecular formula is C8H18OS2. The van der Waals surface area contributed by atoms with Crippen LogP contribution in [0.1, 0.15) is 34.6 Å². The van der Waals surface area contributed by atoms with Gasteiger partial charge in [0.1, 0.15) is 0 Å². The van der Waals surface area contributed by atoms with E-state index in [0.29, 0.717) is 5.25 Å². The van der Waals surface area contributed by atoms with Crippen molar-refractivity contribution in [3.05, 3.63) is 0 Å². The topological polar surface area (TPSA) is 20.2 Å². The Morgan fingerprint density at radius 1 is 1.36 bits per heavy atom. The lowest BCUT2D eigenvalue weighted by atomic mass is 10.0. The van der Waals surface area contributed by atoms with Crippen molar-refractivity contribution in [3.63, 3.8) is 0 Å². The van der Waals surface area contributed by atoms with Gasteiger partial charge in [0, 0.05) is 5.25 Å². The summed E-state index contributed by atoms with van der Waals surface area (Å²) in [6.07, 6.45) is 0. The molecule has 1 N–H and O–H groups in total. The van der Waals surface area contributed by atoms with E-state index in [2.05, 4.69) is 34.6 Å². The highest BCUT2D eigenvalue weighted by Crippen LogP contribution is 2.32. The molecule has 0 amide bonds. The first-order valence-electron chi connectivity index (χ1n) is 3.76. The predicted molar refractivity (Wildman–Crippen MR) is 58.5 cm³/mol. The van der Waals surface area contributed by atoms with Crippen LogP contribution in [0.2, 0.25) is 0 Å². The fraction of sp³-hybridized carbons (Fsp3) is 0.875. The Morgan fingerprint density at radius 2 is 1.82 bits per heavy atom. The summed E-state index contributed by atoms with van der Waals surface area (Å²) >= 11 is 0. The first-order chi connectivity index (χ1) is 4.81. The minimum Gasteiger partial charge on any atom is -0.327 e. The van der Waals surface area contributed by atoms with Gasteiger partial charge in [-0.2, -0.15) is 0 Å². The SMILES string of the molecule is CC(C)S/S(O)=C/C(C)(C)C. The Morgan fingerprint density at radius 3 is 2.09 bits per heavy atom. The number of rotatable bonds is 2. The van der Waals surface area contributed by atoms with Gasteiger partial charge in [0.15, 0.2) is 0 Å². The first-order valence-corrected chi connectivity index (χ1v) is 6.41. The zero-order valence-electron chi connectivity index (χ0n) is 7.92. The summed E-state index contributed by atoms with van der Waals surface area (Å²) in [4.78, 5) is 0. The second-order valence-electron chi connectivity index (χ2n) is 3.91. The number of hydrogen-bond donors (Lipinski definition) is 1. The van der Waals surface area contributed by atoms with Gasteiger partial charge in [-0.25, -0.2) is 0 Å². The minimum absolute atomic E-state index is 0.125. The fourth-order valence-electron chi connectivity index (χ4n) is 0.527. The Labute approximate surface area is 76.1 Å². The molecule has 0 aliphatic carbocycles.